The smallest absolute Gasteiger partial charge is 0.354 e. The number of pyridine rings is 1. The van der Waals surface area contributed by atoms with E-state index >= 15 is 0 Å². The molecule has 88 valence electrons. The van der Waals surface area contributed by atoms with Crippen LogP contribution in [-0.2, 0) is 4.74 Å². The van der Waals surface area contributed by atoms with Crippen LogP contribution in [-0.4, -0.2) is 17.6 Å². The van der Waals surface area contributed by atoms with Crippen LogP contribution < -0.4 is 5.43 Å². The maximum Gasteiger partial charge on any atom is 0.354 e. The van der Waals surface area contributed by atoms with Crippen LogP contribution in [0, 0.1) is 0 Å². The van der Waals surface area contributed by atoms with Gasteiger partial charge in [0.1, 0.15) is 11.4 Å². The van der Waals surface area contributed by atoms with Gasteiger partial charge in [0.05, 0.1) is 11.1 Å². The van der Waals surface area contributed by atoms with Crippen molar-refractivity contribution in [2.45, 2.75) is 13.3 Å². The van der Waals surface area contributed by atoms with Crippen LogP contribution in [0.1, 0.15) is 29.5 Å². The average molecular weight is 296 g/mol. The van der Waals surface area contributed by atoms with Crippen molar-refractivity contribution in [2.75, 3.05) is 6.61 Å². The van der Waals surface area contributed by atoms with E-state index in [1.54, 1.807) is 6.92 Å². The van der Waals surface area contributed by atoms with Gasteiger partial charge in [0.15, 0.2) is 5.43 Å². The summed E-state index contributed by atoms with van der Waals surface area (Å²) in [5.41, 5.74) is -1.61. The largest absolute Gasteiger partial charge is 0.461 e. The molecular weight excluding hydrogens is 288 g/mol. The Bertz CT molecular complexity index is 459. The molecule has 0 saturated heterocycles. The zero-order valence-electron chi connectivity index (χ0n) is 8.22. The number of aromatic nitrogens is 1. The Morgan fingerprint density at radius 1 is 1.62 bits per heavy atom. The number of esters is 1. The second-order valence-electron chi connectivity index (χ2n) is 2.80. The van der Waals surface area contributed by atoms with E-state index in [9.17, 15) is 18.4 Å². The van der Waals surface area contributed by atoms with Crippen molar-refractivity contribution in [3.05, 3.63) is 32.2 Å². The number of halogens is 3. The molecule has 0 aliphatic rings. The minimum absolute atomic E-state index is 0.0982. The van der Waals surface area contributed by atoms with E-state index in [0.29, 0.717) is 0 Å². The van der Waals surface area contributed by atoms with Crippen molar-refractivity contribution in [3.8, 4) is 0 Å². The van der Waals surface area contributed by atoms with Gasteiger partial charge >= 0.3 is 5.97 Å². The number of alkyl halides is 2. The fourth-order valence-electron chi connectivity index (χ4n) is 1.03. The number of carbonyl (C=O) groups excluding carboxylic acids is 1. The van der Waals surface area contributed by atoms with Crippen LogP contribution in [0.15, 0.2) is 15.3 Å². The Labute approximate surface area is 97.7 Å². The number of hydrogen-bond donors (Lipinski definition) is 1. The fourth-order valence-corrected chi connectivity index (χ4v) is 1.42. The van der Waals surface area contributed by atoms with E-state index in [1.807, 2.05) is 0 Å². The van der Waals surface area contributed by atoms with Gasteiger partial charge in [-0.3, -0.25) is 4.79 Å². The predicted octanol–water partition coefficient (Wildman–Crippen LogP) is 2.25. The molecule has 0 fully saturated rings. The average Bonchev–Trinajstić information content (AvgIpc) is 2.21. The molecule has 1 N–H and O–H groups in total. The first-order chi connectivity index (χ1) is 7.47. The number of rotatable bonds is 3. The van der Waals surface area contributed by atoms with E-state index in [2.05, 4.69) is 25.7 Å². The van der Waals surface area contributed by atoms with Gasteiger partial charge in [0.2, 0.25) is 0 Å². The van der Waals surface area contributed by atoms with E-state index in [1.165, 1.54) is 0 Å². The number of H-pyrrole nitrogens is 1. The minimum Gasteiger partial charge on any atom is -0.461 e. The Morgan fingerprint density at radius 2 is 2.25 bits per heavy atom. The van der Waals surface area contributed by atoms with Gasteiger partial charge in [-0.15, -0.1) is 0 Å². The molecule has 1 aromatic rings. The van der Waals surface area contributed by atoms with E-state index in [4.69, 9.17) is 0 Å². The highest BCUT2D eigenvalue weighted by molar-refractivity contribution is 9.10. The third-order valence-electron chi connectivity index (χ3n) is 1.71. The second kappa shape index (κ2) is 5.20. The molecule has 0 unspecified atom stereocenters. The fraction of sp³-hybridized carbons (Fsp3) is 0.333. The van der Waals surface area contributed by atoms with Crippen LogP contribution in [0.4, 0.5) is 8.78 Å². The third kappa shape index (κ3) is 2.66. The lowest BCUT2D eigenvalue weighted by Gasteiger charge is -2.06. The maximum atomic E-state index is 12.5. The summed E-state index contributed by atoms with van der Waals surface area (Å²) in [6.07, 6.45) is -2.88. The normalized spacial score (nSPS) is 10.6. The van der Waals surface area contributed by atoms with Crippen molar-refractivity contribution < 1.29 is 18.3 Å². The number of carbonyl (C=O) groups is 1. The summed E-state index contributed by atoms with van der Waals surface area (Å²) in [4.78, 5) is 24.7. The van der Waals surface area contributed by atoms with Crippen molar-refractivity contribution in [3.63, 3.8) is 0 Å². The van der Waals surface area contributed by atoms with Gasteiger partial charge in [0.25, 0.3) is 6.43 Å². The van der Waals surface area contributed by atoms with Crippen LogP contribution in [0.2, 0.25) is 0 Å². The molecule has 0 aliphatic heterocycles. The monoisotopic (exact) mass is 295 g/mol. The summed E-state index contributed by atoms with van der Waals surface area (Å²) in [6.45, 7) is 1.67. The molecule has 0 atom stereocenters. The lowest BCUT2D eigenvalue weighted by atomic mass is 10.3. The molecule has 0 radical (unpaired) electrons. The molecule has 1 heterocycles. The summed E-state index contributed by atoms with van der Waals surface area (Å²) in [6, 6.07) is 0.911. The van der Waals surface area contributed by atoms with E-state index < -0.39 is 23.5 Å². The summed E-state index contributed by atoms with van der Waals surface area (Å²) < 4.78 is 29.3. The quantitative estimate of drug-likeness (QED) is 0.870. The molecule has 4 nitrogen and oxygen atoms in total. The first-order valence-electron chi connectivity index (χ1n) is 4.35. The molecule has 0 aliphatic carbocycles. The minimum atomic E-state index is -2.88. The van der Waals surface area contributed by atoms with Crippen molar-refractivity contribution in [1.29, 1.82) is 0 Å². The van der Waals surface area contributed by atoms with Gasteiger partial charge in [0, 0.05) is 6.07 Å². The lowest BCUT2D eigenvalue weighted by Crippen LogP contribution is -2.15. The highest BCUT2D eigenvalue weighted by atomic mass is 79.9. The summed E-state index contributed by atoms with van der Waals surface area (Å²) in [5, 5.41) is 0. The van der Waals surface area contributed by atoms with Gasteiger partial charge in [-0.1, -0.05) is 0 Å². The zero-order valence-corrected chi connectivity index (χ0v) is 9.81. The molecule has 0 bridgehead atoms. The molecular formula is C9H8BrF2NO3. The Hall–Kier alpha value is -1.24. The van der Waals surface area contributed by atoms with Crippen molar-refractivity contribution in [2.24, 2.45) is 0 Å². The number of nitrogens with one attached hydrogen (secondary N) is 1. The van der Waals surface area contributed by atoms with Gasteiger partial charge in [-0.05, 0) is 22.9 Å². The highest BCUT2D eigenvalue weighted by Crippen LogP contribution is 2.22. The second-order valence-corrected chi connectivity index (χ2v) is 3.59. The lowest BCUT2D eigenvalue weighted by molar-refractivity contribution is 0.0517. The van der Waals surface area contributed by atoms with Crippen LogP contribution in [0.3, 0.4) is 0 Å². The highest BCUT2D eigenvalue weighted by Gasteiger charge is 2.18. The molecule has 16 heavy (non-hydrogen) atoms. The van der Waals surface area contributed by atoms with Crippen molar-refractivity contribution in [1.82, 2.24) is 4.98 Å². The van der Waals surface area contributed by atoms with E-state index in [-0.39, 0.29) is 16.8 Å². The van der Waals surface area contributed by atoms with Crippen LogP contribution in [0.5, 0.6) is 0 Å². The topological polar surface area (TPSA) is 59.2 Å². The number of hydrogen-bond acceptors (Lipinski definition) is 3. The summed E-state index contributed by atoms with van der Waals surface area (Å²) in [5.74, 6) is -0.839. The maximum absolute atomic E-state index is 12.5. The molecule has 0 saturated carbocycles. The molecule has 1 rings (SSSR count). The zero-order chi connectivity index (χ0) is 12.3. The van der Waals surface area contributed by atoms with Crippen LogP contribution in [0.25, 0.3) is 0 Å². The van der Waals surface area contributed by atoms with Gasteiger partial charge in [-0.2, -0.15) is 0 Å². The molecule has 1 aromatic heterocycles. The van der Waals surface area contributed by atoms with Gasteiger partial charge < -0.3 is 9.72 Å². The van der Waals surface area contributed by atoms with E-state index in [0.717, 1.165) is 6.07 Å². The molecule has 0 spiro atoms. The standard InChI is InChI=1S/C9H8BrF2NO3/c1-2-16-9(15)4-3-5(14)6(10)7(13-4)8(11)12/h3,8H,2H2,1H3,(H,13,14). The predicted molar refractivity (Wildman–Crippen MR) is 55.7 cm³/mol. The van der Waals surface area contributed by atoms with Gasteiger partial charge in [-0.25, -0.2) is 13.6 Å². The number of ether oxygens (including phenoxy) is 1. The molecule has 0 amide bonds. The number of aromatic amines is 1. The van der Waals surface area contributed by atoms with Crippen molar-refractivity contribution >= 4 is 21.9 Å². The summed E-state index contributed by atoms with van der Waals surface area (Å²) in [7, 11) is 0. The first-order valence-corrected chi connectivity index (χ1v) is 5.14. The Morgan fingerprint density at radius 3 is 2.75 bits per heavy atom. The first kappa shape index (κ1) is 12.8. The molecule has 7 heteroatoms. The SMILES string of the molecule is CCOC(=O)c1cc(=O)c(Br)c(C(F)F)[nH]1. The molecule has 0 aromatic carbocycles. The summed E-state index contributed by atoms with van der Waals surface area (Å²) >= 11 is 2.73. The Balaban J connectivity index is 3.24. The Kier molecular flexibility index (Phi) is 4.17. The van der Waals surface area contributed by atoms with Crippen LogP contribution >= 0.6 is 15.9 Å². The third-order valence-corrected chi connectivity index (χ3v) is 2.53.